The summed E-state index contributed by atoms with van der Waals surface area (Å²) in [4.78, 5) is 19.1. The van der Waals surface area contributed by atoms with Gasteiger partial charge < -0.3 is 24.4 Å². The van der Waals surface area contributed by atoms with Crippen LogP contribution >= 0.6 is 0 Å². The Morgan fingerprint density at radius 3 is 2.70 bits per heavy atom. The molecule has 0 bridgehead atoms. The minimum Gasteiger partial charge on any atom is -0.493 e. The zero-order valence-corrected chi connectivity index (χ0v) is 16.9. The number of morpholine rings is 1. The van der Waals surface area contributed by atoms with E-state index in [1.165, 1.54) is 6.08 Å². The maximum Gasteiger partial charge on any atom is 0.249 e. The number of anilines is 2. The molecule has 0 atom stereocenters. The van der Waals surface area contributed by atoms with Gasteiger partial charge in [-0.3, -0.25) is 4.79 Å². The van der Waals surface area contributed by atoms with Crippen LogP contribution in [-0.2, 0) is 9.53 Å². The van der Waals surface area contributed by atoms with E-state index in [9.17, 15) is 4.79 Å². The van der Waals surface area contributed by atoms with Gasteiger partial charge in [0.15, 0.2) is 17.1 Å². The second kappa shape index (κ2) is 8.83. The van der Waals surface area contributed by atoms with Gasteiger partial charge in [0.2, 0.25) is 5.91 Å². The normalized spacial score (nSPS) is 14.3. The lowest BCUT2D eigenvalue weighted by atomic mass is 10.2. The van der Waals surface area contributed by atoms with Crippen molar-refractivity contribution in [1.82, 2.24) is 14.6 Å². The molecule has 9 heteroatoms. The fourth-order valence-corrected chi connectivity index (χ4v) is 3.27. The van der Waals surface area contributed by atoms with Crippen molar-refractivity contribution in [3.05, 3.63) is 48.2 Å². The maximum atomic E-state index is 12.5. The molecule has 0 unspecified atom stereocenters. The Hall–Kier alpha value is -3.59. The van der Waals surface area contributed by atoms with Crippen molar-refractivity contribution in [3.63, 3.8) is 0 Å². The molecule has 4 rings (SSSR count). The molecule has 1 aromatic carbocycles. The first-order chi connectivity index (χ1) is 14.7. The predicted molar refractivity (Wildman–Crippen MR) is 113 cm³/mol. The van der Waals surface area contributed by atoms with E-state index in [4.69, 9.17) is 14.2 Å². The summed E-state index contributed by atoms with van der Waals surface area (Å²) in [6.45, 7) is 2.82. The molecular formula is C21H23N5O4. The van der Waals surface area contributed by atoms with Gasteiger partial charge in [-0.2, -0.15) is 9.61 Å². The highest BCUT2D eigenvalue weighted by Gasteiger charge is 2.17. The number of amides is 1. The first-order valence-corrected chi connectivity index (χ1v) is 9.56. The Bertz CT molecular complexity index is 1070. The van der Waals surface area contributed by atoms with Gasteiger partial charge in [-0.15, -0.1) is 0 Å². The van der Waals surface area contributed by atoms with E-state index in [1.54, 1.807) is 49.2 Å². The van der Waals surface area contributed by atoms with Gasteiger partial charge in [-0.1, -0.05) is 6.07 Å². The Morgan fingerprint density at radius 2 is 1.93 bits per heavy atom. The maximum absolute atomic E-state index is 12.5. The highest BCUT2D eigenvalue weighted by molar-refractivity contribution is 6.01. The van der Waals surface area contributed by atoms with Gasteiger partial charge in [0, 0.05) is 31.3 Å². The fourth-order valence-electron chi connectivity index (χ4n) is 3.27. The lowest BCUT2D eigenvalue weighted by Gasteiger charge is -2.29. The molecule has 1 saturated heterocycles. The molecule has 3 heterocycles. The standard InChI is InChI=1S/C21H23N5O4/c1-28-16-5-3-15(13-17(16)29-2)4-6-20(27)24-18-14-21(25-9-11-30-12-10-25)26-19(23-18)7-8-22-26/h3-8,13-14H,9-12H2,1-2H3,(H,23,24,27). The number of benzene rings is 1. The summed E-state index contributed by atoms with van der Waals surface area (Å²) in [5, 5.41) is 7.18. The van der Waals surface area contributed by atoms with Crippen LogP contribution in [0.4, 0.5) is 11.6 Å². The molecular weight excluding hydrogens is 386 g/mol. The molecule has 0 spiro atoms. The quantitative estimate of drug-likeness (QED) is 0.625. The van der Waals surface area contributed by atoms with Gasteiger partial charge in [0.25, 0.3) is 0 Å². The third kappa shape index (κ3) is 4.20. The highest BCUT2D eigenvalue weighted by Crippen LogP contribution is 2.28. The molecule has 2 aromatic heterocycles. The average Bonchev–Trinajstić information content (AvgIpc) is 3.26. The predicted octanol–water partition coefficient (Wildman–Crippen LogP) is 2.24. The second-order valence-electron chi connectivity index (χ2n) is 6.64. The molecule has 3 aromatic rings. The molecule has 1 N–H and O–H groups in total. The summed E-state index contributed by atoms with van der Waals surface area (Å²) in [6.07, 6.45) is 4.85. The summed E-state index contributed by atoms with van der Waals surface area (Å²) >= 11 is 0. The largest absolute Gasteiger partial charge is 0.493 e. The summed E-state index contributed by atoms with van der Waals surface area (Å²) in [7, 11) is 3.15. The Morgan fingerprint density at radius 1 is 1.13 bits per heavy atom. The fraction of sp³-hybridized carbons (Fsp3) is 0.286. The van der Waals surface area contributed by atoms with Crippen LogP contribution < -0.4 is 19.7 Å². The molecule has 1 aliphatic rings. The summed E-state index contributed by atoms with van der Waals surface area (Å²) in [5.74, 6) is 2.28. The third-order valence-corrected chi connectivity index (χ3v) is 4.76. The van der Waals surface area contributed by atoms with E-state index in [0.29, 0.717) is 36.2 Å². The summed E-state index contributed by atoms with van der Waals surface area (Å²) < 4.78 is 17.7. The number of carbonyl (C=O) groups is 1. The zero-order chi connectivity index (χ0) is 20.9. The number of fused-ring (bicyclic) bond motifs is 1. The number of aromatic nitrogens is 3. The van der Waals surface area contributed by atoms with E-state index >= 15 is 0 Å². The van der Waals surface area contributed by atoms with Crippen LogP contribution in [0.5, 0.6) is 11.5 Å². The van der Waals surface area contributed by atoms with Gasteiger partial charge in [-0.05, 0) is 23.8 Å². The SMILES string of the molecule is COc1ccc(C=CC(=O)Nc2cc(N3CCOCC3)n3nccc3n2)cc1OC. The van der Waals surface area contributed by atoms with Crippen LogP contribution in [0.2, 0.25) is 0 Å². The van der Waals surface area contributed by atoms with Crippen LogP contribution in [0.3, 0.4) is 0 Å². The molecule has 9 nitrogen and oxygen atoms in total. The van der Waals surface area contributed by atoms with Crippen molar-refractivity contribution in [2.45, 2.75) is 0 Å². The Balaban J connectivity index is 1.52. The van der Waals surface area contributed by atoms with E-state index in [2.05, 4.69) is 20.3 Å². The average molecular weight is 409 g/mol. The van der Waals surface area contributed by atoms with Crippen LogP contribution in [0, 0.1) is 0 Å². The number of ether oxygens (including phenoxy) is 3. The molecule has 0 aliphatic carbocycles. The molecule has 156 valence electrons. The second-order valence-corrected chi connectivity index (χ2v) is 6.64. The summed E-state index contributed by atoms with van der Waals surface area (Å²) in [5.41, 5.74) is 1.48. The molecule has 0 saturated carbocycles. The van der Waals surface area contributed by atoms with E-state index < -0.39 is 0 Å². The number of rotatable bonds is 6. The van der Waals surface area contributed by atoms with Crippen molar-refractivity contribution in [2.24, 2.45) is 0 Å². The lowest BCUT2D eigenvalue weighted by Crippen LogP contribution is -2.37. The van der Waals surface area contributed by atoms with E-state index in [1.807, 2.05) is 12.1 Å². The first kappa shape index (κ1) is 19.7. The molecule has 0 radical (unpaired) electrons. The number of nitrogens with zero attached hydrogens (tertiary/aromatic N) is 4. The Labute approximate surface area is 173 Å². The van der Waals surface area contributed by atoms with Crippen molar-refractivity contribution < 1.29 is 19.0 Å². The topological polar surface area (TPSA) is 90.2 Å². The van der Waals surface area contributed by atoms with Crippen LogP contribution in [0.25, 0.3) is 11.7 Å². The molecule has 1 fully saturated rings. The number of methoxy groups -OCH3 is 2. The third-order valence-electron chi connectivity index (χ3n) is 4.76. The highest BCUT2D eigenvalue weighted by atomic mass is 16.5. The molecule has 30 heavy (non-hydrogen) atoms. The monoisotopic (exact) mass is 409 g/mol. The minimum absolute atomic E-state index is 0.283. The molecule has 1 amide bonds. The van der Waals surface area contributed by atoms with Gasteiger partial charge in [0.05, 0.1) is 33.6 Å². The van der Waals surface area contributed by atoms with Crippen molar-refractivity contribution >= 4 is 29.3 Å². The van der Waals surface area contributed by atoms with Crippen LogP contribution in [0.15, 0.2) is 42.6 Å². The van der Waals surface area contributed by atoms with Crippen molar-refractivity contribution in [3.8, 4) is 11.5 Å². The Kier molecular flexibility index (Phi) is 5.80. The number of hydrogen-bond donors (Lipinski definition) is 1. The number of nitrogens with one attached hydrogen (secondary N) is 1. The van der Waals surface area contributed by atoms with E-state index in [-0.39, 0.29) is 5.91 Å². The van der Waals surface area contributed by atoms with Crippen molar-refractivity contribution in [2.75, 3.05) is 50.7 Å². The van der Waals surface area contributed by atoms with Gasteiger partial charge >= 0.3 is 0 Å². The van der Waals surface area contributed by atoms with Gasteiger partial charge in [-0.25, -0.2) is 4.98 Å². The zero-order valence-electron chi connectivity index (χ0n) is 16.9. The number of carbonyl (C=O) groups excluding carboxylic acids is 1. The number of hydrogen-bond acceptors (Lipinski definition) is 7. The molecule has 1 aliphatic heterocycles. The van der Waals surface area contributed by atoms with Gasteiger partial charge in [0.1, 0.15) is 11.6 Å². The minimum atomic E-state index is -0.283. The van der Waals surface area contributed by atoms with Crippen LogP contribution in [0.1, 0.15) is 5.56 Å². The van der Waals surface area contributed by atoms with E-state index in [0.717, 1.165) is 24.5 Å². The van der Waals surface area contributed by atoms with Crippen molar-refractivity contribution in [1.29, 1.82) is 0 Å². The first-order valence-electron chi connectivity index (χ1n) is 9.56. The lowest BCUT2D eigenvalue weighted by molar-refractivity contribution is -0.111. The smallest absolute Gasteiger partial charge is 0.249 e. The van der Waals surface area contributed by atoms with Crippen LogP contribution in [-0.4, -0.2) is 61.0 Å². The summed E-state index contributed by atoms with van der Waals surface area (Å²) in [6, 6.07) is 9.07.